The topological polar surface area (TPSA) is 51.0 Å². The molecule has 0 saturated carbocycles. The third-order valence-electron chi connectivity index (χ3n) is 3.74. The van der Waals surface area contributed by atoms with Gasteiger partial charge in [0.1, 0.15) is 5.69 Å². The van der Waals surface area contributed by atoms with Gasteiger partial charge in [0.15, 0.2) is 0 Å². The van der Waals surface area contributed by atoms with Gasteiger partial charge >= 0.3 is 0 Å². The van der Waals surface area contributed by atoms with Gasteiger partial charge in [-0.25, -0.2) is 4.98 Å². The molecule has 1 saturated heterocycles. The van der Waals surface area contributed by atoms with Gasteiger partial charge in [0.25, 0.3) is 5.91 Å². The van der Waals surface area contributed by atoms with Crippen LogP contribution in [0.5, 0.6) is 0 Å². The van der Waals surface area contributed by atoms with E-state index in [1.807, 2.05) is 11.1 Å². The Hall–Kier alpha value is -1.69. The van der Waals surface area contributed by atoms with Gasteiger partial charge in [0.05, 0.1) is 5.01 Å². The van der Waals surface area contributed by atoms with E-state index in [1.54, 1.807) is 35.3 Å². The Morgan fingerprint density at radius 1 is 1.50 bits per heavy atom. The van der Waals surface area contributed by atoms with Crippen molar-refractivity contribution in [2.24, 2.45) is 7.05 Å². The van der Waals surface area contributed by atoms with Crippen LogP contribution < -0.4 is 0 Å². The Balaban J connectivity index is 1.75. The molecular weight excluding hydrogens is 272 g/mol. The summed E-state index contributed by atoms with van der Waals surface area (Å²) in [5.74, 6) is 0.447. The summed E-state index contributed by atoms with van der Waals surface area (Å²) in [5, 5.41) is 5.23. The SMILES string of the molecule is Cc1cnc(C2CCCN(C(=O)c3ccnn3C)C2)s1. The minimum Gasteiger partial charge on any atom is -0.337 e. The fraction of sp³-hybridized carbons (Fsp3) is 0.500. The number of amides is 1. The van der Waals surface area contributed by atoms with E-state index in [1.165, 1.54) is 4.88 Å². The average molecular weight is 290 g/mol. The van der Waals surface area contributed by atoms with E-state index in [9.17, 15) is 4.79 Å². The van der Waals surface area contributed by atoms with Gasteiger partial charge in [0, 0.05) is 43.3 Å². The Kier molecular flexibility index (Phi) is 3.56. The van der Waals surface area contributed by atoms with E-state index in [0.29, 0.717) is 11.6 Å². The van der Waals surface area contributed by atoms with Crippen molar-refractivity contribution in [2.45, 2.75) is 25.7 Å². The van der Waals surface area contributed by atoms with E-state index in [0.717, 1.165) is 30.9 Å². The van der Waals surface area contributed by atoms with Crippen LogP contribution in [0.1, 0.15) is 39.1 Å². The number of aryl methyl sites for hydroxylation is 2. The number of rotatable bonds is 2. The predicted molar refractivity (Wildman–Crippen MR) is 77.9 cm³/mol. The minimum atomic E-state index is 0.0722. The molecular formula is C14H18N4OS. The largest absolute Gasteiger partial charge is 0.337 e. The first kappa shape index (κ1) is 13.3. The van der Waals surface area contributed by atoms with E-state index in [-0.39, 0.29) is 5.91 Å². The van der Waals surface area contributed by atoms with Crippen molar-refractivity contribution in [1.29, 1.82) is 0 Å². The van der Waals surface area contributed by atoms with Crippen molar-refractivity contribution in [3.63, 3.8) is 0 Å². The number of hydrogen-bond donors (Lipinski definition) is 0. The molecule has 0 spiro atoms. The number of carbonyl (C=O) groups excluding carboxylic acids is 1. The van der Waals surface area contributed by atoms with Crippen LogP contribution in [-0.2, 0) is 7.05 Å². The van der Waals surface area contributed by atoms with Crippen LogP contribution in [0.2, 0.25) is 0 Å². The molecule has 6 heteroatoms. The lowest BCUT2D eigenvalue weighted by molar-refractivity contribution is 0.0696. The molecule has 1 atom stereocenters. The molecule has 0 bridgehead atoms. The number of likely N-dealkylation sites (tertiary alicyclic amines) is 1. The third-order valence-corrected chi connectivity index (χ3v) is 4.81. The van der Waals surface area contributed by atoms with Gasteiger partial charge in [-0.15, -0.1) is 11.3 Å². The quantitative estimate of drug-likeness (QED) is 0.852. The predicted octanol–water partition coefficient (Wildman–Crippen LogP) is 2.20. The summed E-state index contributed by atoms with van der Waals surface area (Å²) in [6.45, 7) is 3.66. The summed E-state index contributed by atoms with van der Waals surface area (Å²) in [4.78, 5) is 20.2. The molecule has 1 fully saturated rings. The van der Waals surface area contributed by atoms with Crippen molar-refractivity contribution in [1.82, 2.24) is 19.7 Å². The zero-order chi connectivity index (χ0) is 14.1. The summed E-state index contributed by atoms with van der Waals surface area (Å²) in [6, 6.07) is 1.78. The molecule has 5 nitrogen and oxygen atoms in total. The van der Waals surface area contributed by atoms with Crippen LogP contribution in [0.4, 0.5) is 0 Å². The van der Waals surface area contributed by atoms with Crippen LogP contribution in [0, 0.1) is 6.92 Å². The highest BCUT2D eigenvalue weighted by Crippen LogP contribution is 2.30. The molecule has 2 aromatic rings. The molecule has 3 rings (SSSR count). The maximum Gasteiger partial charge on any atom is 0.272 e. The third kappa shape index (κ3) is 2.47. The summed E-state index contributed by atoms with van der Waals surface area (Å²) < 4.78 is 1.64. The van der Waals surface area contributed by atoms with Crippen LogP contribution in [-0.4, -0.2) is 38.7 Å². The van der Waals surface area contributed by atoms with Crippen LogP contribution in [0.25, 0.3) is 0 Å². The van der Waals surface area contributed by atoms with E-state index in [2.05, 4.69) is 17.0 Å². The highest BCUT2D eigenvalue weighted by atomic mass is 32.1. The Bertz CT molecular complexity index is 618. The highest BCUT2D eigenvalue weighted by Gasteiger charge is 2.28. The maximum atomic E-state index is 12.5. The summed E-state index contributed by atoms with van der Waals surface area (Å²) in [6.07, 6.45) is 5.73. The second-order valence-corrected chi connectivity index (χ2v) is 6.51. The molecule has 0 aliphatic carbocycles. The number of nitrogens with zero attached hydrogens (tertiary/aromatic N) is 4. The van der Waals surface area contributed by atoms with E-state index in [4.69, 9.17) is 0 Å². The molecule has 0 aromatic carbocycles. The lowest BCUT2D eigenvalue weighted by Crippen LogP contribution is -2.39. The summed E-state index contributed by atoms with van der Waals surface area (Å²) in [5.41, 5.74) is 0.654. The van der Waals surface area contributed by atoms with Crippen molar-refractivity contribution in [3.05, 3.63) is 34.0 Å². The molecule has 1 amide bonds. The van der Waals surface area contributed by atoms with Crippen molar-refractivity contribution in [3.8, 4) is 0 Å². The molecule has 20 heavy (non-hydrogen) atoms. The summed E-state index contributed by atoms with van der Waals surface area (Å²) >= 11 is 1.74. The van der Waals surface area contributed by atoms with Gasteiger partial charge < -0.3 is 4.90 Å². The van der Waals surface area contributed by atoms with Crippen LogP contribution in [0.3, 0.4) is 0 Å². The Labute approximate surface area is 122 Å². The Morgan fingerprint density at radius 3 is 3.00 bits per heavy atom. The fourth-order valence-electron chi connectivity index (χ4n) is 2.67. The Morgan fingerprint density at radius 2 is 2.35 bits per heavy atom. The van der Waals surface area contributed by atoms with Crippen molar-refractivity contribution in [2.75, 3.05) is 13.1 Å². The second-order valence-electron chi connectivity index (χ2n) is 5.24. The van der Waals surface area contributed by atoms with Crippen LogP contribution in [0.15, 0.2) is 18.5 Å². The van der Waals surface area contributed by atoms with Gasteiger partial charge in [0.2, 0.25) is 0 Å². The molecule has 3 heterocycles. The lowest BCUT2D eigenvalue weighted by atomic mass is 9.98. The molecule has 1 aliphatic heterocycles. The number of thiazole rings is 1. The molecule has 1 unspecified atom stereocenters. The normalized spacial score (nSPS) is 19.3. The molecule has 106 valence electrons. The zero-order valence-corrected chi connectivity index (χ0v) is 12.6. The molecule has 2 aromatic heterocycles. The zero-order valence-electron chi connectivity index (χ0n) is 11.7. The lowest BCUT2D eigenvalue weighted by Gasteiger charge is -2.31. The van der Waals surface area contributed by atoms with Crippen LogP contribution >= 0.6 is 11.3 Å². The van der Waals surface area contributed by atoms with E-state index < -0.39 is 0 Å². The standard InChI is InChI=1S/C14H18N4OS/c1-10-8-15-13(20-10)11-4-3-7-18(9-11)14(19)12-5-6-16-17(12)2/h5-6,8,11H,3-4,7,9H2,1-2H3. The number of aromatic nitrogens is 3. The number of carbonyl (C=O) groups is 1. The fourth-order valence-corrected chi connectivity index (χ4v) is 3.57. The van der Waals surface area contributed by atoms with Gasteiger partial charge in [-0.05, 0) is 25.8 Å². The van der Waals surface area contributed by atoms with Crippen molar-refractivity contribution < 1.29 is 4.79 Å². The summed E-state index contributed by atoms with van der Waals surface area (Å²) in [7, 11) is 1.80. The first-order valence-corrected chi connectivity index (χ1v) is 7.66. The van der Waals surface area contributed by atoms with Gasteiger partial charge in [-0.1, -0.05) is 0 Å². The first-order chi connectivity index (χ1) is 9.65. The number of piperidine rings is 1. The first-order valence-electron chi connectivity index (χ1n) is 6.85. The molecule has 0 N–H and O–H groups in total. The minimum absolute atomic E-state index is 0.0722. The maximum absolute atomic E-state index is 12.5. The number of hydrogen-bond acceptors (Lipinski definition) is 4. The smallest absolute Gasteiger partial charge is 0.272 e. The second kappa shape index (κ2) is 5.36. The van der Waals surface area contributed by atoms with Gasteiger partial charge in [-0.2, -0.15) is 5.10 Å². The average Bonchev–Trinajstić information content (AvgIpc) is 3.07. The van der Waals surface area contributed by atoms with Crippen molar-refractivity contribution >= 4 is 17.2 Å². The van der Waals surface area contributed by atoms with Gasteiger partial charge in [-0.3, -0.25) is 9.48 Å². The monoisotopic (exact) mass is 290 g/mol. The van der Waals surface area contributed by atoms with E-state index >= 15 is 0 Å². The molecule has 1 aliphatic rings. The highest BCUT2D eigenvalue weighted by molar-refractivity contribution is 7.11. The molecule has 0 radical (unpaired) electrons.